The number of nitrogens with zero attached hydrogens (tertiary/aromatic N) is 3. The maximum absolute atomic E-state index is 12.9. The first-order valence-electron chi connectivity index (χ1n) is 8.63. The highest BCUT2D eigenvalue weighted by atomic mass is 16.2. The molecular formula is C20H24N4O3. The van der Waals surface area contributed by atoms with Gasteiger partial charge in [-0.15, -0.1) is 0 Å². The Balaban J connectivity index is 2.27. The van der Waals surface area contributed by atoms with Gasteiger partial charge in [-0.05, 0) is 45.2 Å². The zero-order valence-corrected chi connectivity index (χ0v) is 15.8. The Bertz CT molecular complexity index is 826. The van der Waals surface area contributed by atoms with Crippen LogP contribution in [0.3, 0.4) is 0 Å². The number of carbonyl (C=O) groups is 3. The summed E-state index contributed by atoms with van der Waals surface area (Å²) in [7, 11) is 0. The van der Waals surface area contributed by atoms with E-state index in [1.54, 1.807) is 25.3 Å². The van der Waals surface area contributed by atoms with E-state index >= 15 is 0 Å². The van der Waals surface area contributed by atoms with Gasteiger partial charge in [0.05, 0.1) is 17.0 Å². The summed E-state index contributed by atoms with van der Waals surface area (Å²) in [6, 6.07) is 7.03. The third kappa shape index (κ3) is 3.86. The quantitative estimate of drug-likeness (QED) is 0.803. The van der Waals surface area contributed by atoms with E-state index in [9.17, 15) is 14.4 Å². The van der Waals surface area contributed by atoms with Gasteiger partial charge in [-0.3, -0.25) is 19.4 Å². The predicted octanol–water partition coefficient (Wildman–Crippen LogP) is 1.93. The second kappa shape index (κ2) is 8.07. The van der Waals surface area contributed by atoms with Crippen LogP contribution in [0.15, 0.2) is 40.3 Å². The van der Waals surface area contributed by atoms with E-state index in [0.29, 0.717) is 5.56 Å². The molecule has 1 aliphatic heterocycles. The summed E-state index contributed by atoms with van der Waals surface area (Å²) in [5, 5.41) is 0. The molecule has 0 aliphatic carbocycles. The molecule has 1 aromatic rings. The number of primary amides is 1. The van der Waals surface area contributed by atoms with Gasteiger partial charge in [-0.25, -0.2) is 4.99 Å². The van der Waals surface area contributed by atoms with Gasteiger partial charge < -0.3 is 10.6 Å². The minimum Gasteiger partial charge on any atom is -0.369 e. The lowest BCUT2D eigenvalue weighted by Gasteiger charge is -2.24. The van der Waals surface area contributed by atoms with Gasteiger partial charge in [0.2, 0.25) is 5.91 Å². The van der Waals surface area contributed by atoms with E-state index in [2.05, 4.69) is 16.7 Å². The van der Waals surface area contributed by atoms with Crippen LogP contribution >= 0.6 is 0 Å². The van der Waals surface area contributed by atoms with E-state index in [0.717, 1.165) is 11.3 Å². The SMILES string of the molecule is C=NC(=O)[C@]1(C)CN(C(=O)c2ccc(C(=C/C)/N=C\C)cc2)C[C@H]1C(N)=O. The number of amides is 3. The number of benzene rings is 1. The molecular weight excluding hydrogens is 344 g/mol. The molecule has 0 saturated carbocycles. The third-order valence-corrected chi connectivity index (χ3v) is 4.92. The Morgan fingerprint density at radius 1 is 1.22 bits per heavy atom. The van der Waals surface area contributed by atoms with Crippen molar-refractivity contribution in [2.24, 2.45) is 27.1 Å². The van der Waals surface area contributed by atoms with Crippen LogP contribution < -0.4 is 5.73 Å². The lowest BCUT2D eigenvalue weighted by molar-refractivity contribution is -0.134. The van der Waals surface area contributed by atoms with Crippen LogP contribution in [0.2, 0.25) is 0 Å². The average molecular weight is 368 g/mol. The van der Waals surface area contributed by atoms with E-state index in [4.69, 9.17) is 5.73 Å². The van der Waals surface area contributed by atoms with Crippen molar-refractivity contribution in [1.29, 1.82) is 0 Å². The van der Waals surface area contributed by atoms with Gasteiger partial charge in [0.25, 0.3) is 11.8 Å². The molecule has 7 heteroatoms. The van der Waals surface area contributed by atoms with Crippen molar-refractivity contribution in [2.75, 3.05) is 13.1 Å². The van der Waals surface area contributed by atoms with E-state index in [1.807, 2.05) is 32.1 Å². The van der Waals surface area contributed by atoms with Crippen LogP contribution in [0, 0.1) is 11.3 Å². The van der Waals surface area contributed by atoms with Gasteiger partial charge in [0, 0.05) is 24.9 Å². The number of carbonyl (C=O) groups excluding carboxylic acids is 3. The maximum Gasteiger partial charge on any atom is 0.253 e. The summed E-state index contributed by atoms with van der Waals surface area (Å²) in [5.41, 5.74) is 6.45. The topological polar surface area (TPSA) is 105 Å². The Kier molecular flexibility index (Phi) is 6.05. The smallest absolute Gasteiger partial charge is 0.253 e. The minimum atomic E-state index is -1.16. The van der Waals surface area contributed by atoms with E-state index in [-0.39, 0.29) is 19.0 Å². The number of likely N-dealkylation sites (tertiary alicyclic amines) is 1. The molecule has 0 aromatic heterocycles. The zero-order chi connectivity index (χ0) is 20.2. The van der Waals surface area contributed by atoms with Gasteiger partial charge in [-0.2, -0.15) is 0 Å². The fourth-order valence-electron chi connectivity index (χ4n) is 3.37. The number of aliphatic imine (C=N–C) groups is 2. The highest BCUT2D eigenvalue weighted by Crippen LogP contribution is 2.37. The Morgan fingerprint density at radius 2 is 1.81 bits per heavy atom. The lowest BCUT2D eigenvalue weighted by atomic mass is 9.79. The molecule has 0 bridgehead atoms. The Labute approximate surface area is 158 Å². The number of nitrogens with two attached hydrogens (primary N) is 1. The summed E-state index contributed by atoms with van der Waals surface area (Å²) < 4.78 is 0. The fourth-order valence-corrected chi connectivity index (χ4v) is 3.37. The standard InChI is InChI=1S/C20H24N4O3/c1-5-16(23-6-2)13-7-9-14(10-8-13)18(26)24-11-15(17(21)25)20(3,12-24)19(27)22-4/h5-10,15H,4,11-12H2,1-3H3,(H2,21,25)/b16-5-,23-6-/t15-,20+/m0/s1. The van der Waals surface area contributed by atoms with Crippen LogP contribution in [0.4, 0.5) is 0 Å². The molecule has 2 N–H and O–H groups in total. The van der Waals surface area contributed by atoms with Crippen molar-refractivity contribution in [3.05, 3.63) is 41.5 Å². The molecule has 0 unspecified atom stereocenters. The van der Waals surface area contributed by atoms with E-state index < -0.39 is 23.1 Å². The summed E-state index contributed by atoms with van der Waals surface area (Å²) >= 11 is 0. The highest BCUT2D eigenvalue weighted by molar-refractivity contribution is 5.98. The molecule has 1 aliphatic rings. The molecule has 142 valence electrons. The largest absolute Gasteiger partial charge is 0.369 e. The lowest BCUT2D eigenvalue weighted by Crippen LogP contribution is -2.41. The van der Waals surface area contributed by atoms with Gasteiger partial charge >= 0.3 is 0 Å². The van der Waals surface area contributed by atoms with Gasteiger partial charge in [-0.1, -0.05) is 18.2 Å². The molecule has 1 saturated heterocycles. The van der Waals surface area contributed by atoms with Gasteiger partial charge in [0.1, 0.15) is 0 Å². The number of allylic oxidation sites excluding steroid dienone is 1. The molecule has 1 fully saturated rings. The number of rotatable bonds is 5. The first kappa shape index (κ1) is 20.2. The van der Waals surface area contributed by atoms with Crippen molar-refractivity contribution in [3.8, 4) is 0 Å². The zero-order valence-electron chi connectivity index (χ0n) is 15.8. The van der Waals surface area contributed by atoms with Crippen molar-refractivity contribution >= 4 is 36.4 Å². The second-order valence-electron chi connectivity index (χ2n) is 6.66. The van der Waals surface area contributed by atoms with Crippen molar-refractivity contribution in [2.45, 2.75) is 20.8 Å². The second-order valence-corrected chi connectivity index (χ2v) is 6.66. The monoisotopic (exact) mass is 368 g/mol. The molecule has 0 spiro atoms. The summed E-state index contributed by atoms with van der Waals surface area (Å²) in [6.07, 6.45) is 3.59. The molecule has 1 aromatic carbocycles. The number of hydrogen-bond donors (Lipinski definition) is 1. The first-order chi connectivity index (χ1) is 12.8. The van der Waals surface area contributed by atoms with Crippen LogP contribution in [0.5, 0.6) is 0 Å². The van der Waals surface area contributed by atoms with Crippen molar-refractivity contribution in [1.82, 2.24) is 4.90 Å². The Morgan fingerprint density at radius 3 is 2.30 bits per heavy atom. The first-order valence-corrected chi connectivity index (χ1v) is 8.63. The highest BCUT2D eigenvalue weighted by Gasteiger charge is 2.52. The summed E-state index contributed by atoms with van der Waals surface area (Å²) in [4.78, 5) is 46.0. The molecule has 1 heterocycles. The minimum absolute atomic E-state index is 0.0687. The molecule has 3 amide bonds. The predicted molar refractivity (Wildman–Crippen MR) is 106 cm³/mol. The number of hydrogen-bond acceptors (Lipinski definition) is 4. The maximum atomic E-state index is 12.9. The normalized spacial score (nSPS) is 22.9. The van der Waals surface area contributed by atoms with Crippen LogP contribution in [0.1, 0.15) is 36.7 Å². The van der Waals surface area contributed by atoms with Crippen LogP contribution in [0.25, 0.3) is 5.70 Å². The summed E-state index contributed by atoms with van der Waals surface area (Å²) in [6.45, 7) is 8.71. The molecule has 2 atom stereocenters. The van der Waals surface area contributed by atoms with Crippen LogP contribution in [-0.4, -0.2) is 48.6 Å². The average Bonchev–Trinajstić information content (AvgIpc) is 3.04. The third-order valence-electron chi connectivity index (χ3n) is 4.92. The van der Waals surface area contributed by atoms with Gasteiger partial charge in [0.15, 0.2) is 0 Å². The Hall–Kier alpha value is -3.09. The fraction of sp³-hybridized carbons (Fsp3) is 0.350. The molecule has 2 rings (SSSR count). The van der Waals surface area contributed by atoms with Crippen LogP contribution in [-0.2, 0) is 9.59 Å². The van der Waals surface area contributed by atoms with E-state index in [1.165, 1.54) is 4.90 Å². The molecule has 27 heavy (non-hydrogen) atoms. The summed E-state index contributed by atoms with van der Waals surface area (Å²) in [5.74, 6) is -2.23. The van der Waals surface area contributed by atoms with Crippen molar-refractivity contribution < 1.29 is 14.4 Å². The molecule has 0 radical (unpaired) electrons. The molecule has 7 nitrogen and oxygen atoms in total. The van der Waals surface area contributed by atoms with Crippen molar-refractivity contribution in [3.63, 3.8) is 0 Å².